The molecule has 0 aliphatic carbocycles. The number of nitrogens with one attached hydrogen (secondary N) is 2. The Bertz CT molecular complexity index is 1600. The van der Waals surface area contributed by atoms with Crippen molar-refractivity contribution >= 4 is 39.0 Å². The van der Waals surface area contributed by atoms with Crippen molar-refractivity contribution in [3.8, 4) is 11.5 Å². The molecule has 10 nitrogen and oxygen atoms in total. The zero-order valence-corrected chi connectivity index (χ0v) is 25.1. The Hall–Kier alpha value is -4.42. The summed E-state index contributed by atoms with van der Waals surface area (Å²) >= 11 is 1.17. The molecule has 42 heavy (non-hydrogen) atoms. The summed E-state index contributed by atoms with van der Waals surface area (Å²) in [5, 5.41) is 1.94. The van der Waals surface area contributed by atoms with Gasteiger partial charge < -0.3 is 14.4 Å². The third-order valence-electron chi connectivity index (χ3n) is 6.39. The zero-order chi connectivity index (χ0) is 30.1. The van der Waals surface area contributed by atoms with Crippen LogP contribution in [0.3, 0.4) is 0 Å². The second-order valence-electron chi connectivity index (χ2n) is 9.35. The van der Waals surface area contributed by atoms with Gasteiger partial charge in [-0.05, 0) is 49.6 Å². The molecule has 0 spiro atoms. The molecule has 4 aromatic rings. The van der Waals surface area contributed by atoms with Gasteiger partial charge in [0.2, 0.25) is 0 Å². The van der Waals surface area contributed by atoms with Crippen LogP contribution in [0.25, 0.3) is 0 Å². The number of hydrogen-bond donors (Lipinski definition) is 2. The van der Waals surface area contributed by atoms with E-state index in [1.807, 2.05) is 42.0 Å². The van der Waals surface area contributed by atoms with E-state index in [0.717, 1.165) is 17.5 Å². The molecule has 0 aliphatic rings. The molecule has 220 valence electrons. The number of carbonyl (C=O) groups excluding carboxylic acids is 2. The minimum Gasteiger partial charge on any atom is -0.496 e. The lowest BCUT2D eigenvalue weighted by Crippen LogP contribution is -2.35. The molecule has 0 saturated carbocycles. The van der Waals surface area contributed by atoms with E-state index in [1.165, 1.54) is 30.9 Å². The molecule has 0 fully saturated rings. The highest BCUT2D eigenvalue weighted by Crippen LogP contribution is 2.30. The predicted octanol–water partition coefficient (Wildman–Crippen LogP) is 4.83. The number of nitrogens with zero attached hydrogens (tertiary/aromatic N) is 2. The summed E-state index contributed by atoms with van der Waals surface area (Å²) in [5.74, 6) is -0.0766. The molecule has 0 saturated heterocycles. The van der Waals surface area contributed by atoms with Crippen LogP contribution in [0.15, 0.2) is 78.2 Å². The summed E-state index contributed by atoms with van der Waals surface area (Å²) in [6, 6.07) is 21.5. The number of thiazole rings is 1. The number of para-hydroxylation sites is 1. The average molecular weight is 609 g/mol. The number of amides is 2. The molecule has 1 heterocycles. The number of benzene rings is 3. The summed E-state index contributed by atoms with van der Waals surface area (Å²) < 4.78 is 40.1. The largest absolute Gasteiger partial charge is 0.496 e. The molecule has 4 rings (SSSR count). The van der Waals surface area contributed by atoms with E-state index >= 15 is 0 Å². The Balaban J connectivity index is 1.51. The van der Waals surface area contributed by atoms with Crippen molar-refractivity contribution in [3.05, 3.63) is 106 Å². The number of aryl methyl sites for hydroxylation is 1. The molecular formula is C30H32N4O6S2. The first kappa shape index (κ1) is 30.5. The number of carbonyl (C=O) groups is 2. The molecule has 0 aliphatic heterocycles. The van der Waals surface area contributed by atoms with Gasteiger partial charge in [-0.25, -0.2) is 9.71 Å². The van der Waals surface area contributed by atoms with Crippen LogP contribution < -0.4 is 18.9 Å². The number of anilines is 1. The molecule has 2 amide bonds. The van der Waals surface area contributed by atoms with Crippen LogP contribution in [0.1, 0.15) is 43.4 Å². The molecule has 0 unspecified atom stereocenters. The summed E-state index contributed by atoms with van der Waals surface area (Å²) in [6.07, 6.45) is 1.46. The summed E-state index contributed by atoms with van der Waals surface area (Å²) in [7, 11) is -1.11. The Morgan fingerprint density at radius 2 is 1.57 bits per heavy atom. The predicted molar refractivity (Wildman–Crippen MR) is 162 cm³/mol. The number of aromatic nitrogens is 1. The van der Waals surface area contributed by atoms with Crippen molar-refractivity contribution in [2.45, 2.75) is 26.3 Å². The van der Waals surface area contributed by atoms with Crippen LogP contribution in [0.4, 0.5) is 5.69 Å². The number of methoxy groups -OCH3 is 2. The molecule has 3 aromatic carbocycles. The van der Waals surface area contributed by atoms with Crippen molar-refractivity contribution in [2.75, 3.05) is 25.5 Å². The smallest absolute Gasteiger partial charge is 0.324 e. The van der Waals surface area contributed by atoms with Gasteiger partial charge in [-0.3, -0.25) is 14.3 Å². The number of rotatable bonds is 13. The van der Waals surface area contributed by atoms with Crippen molar-refractivity contribution in [1.29, 1.82) is 0 Å². The van der Waals surface area contributed by atoms with Crippen LogP contribution in [0.2, 0.25) is 0 Å². The molecule has 0 bridgehead atoms. The van der Waals surface area contributed by atoms with E-state index < -0.39 is 16.1 Å². The third kappa shape index (κ3) is 8.08. The van der Waals surface area contributed by atoms with Crippen LogP contribution in [-0.2, 0) is 23.2 Å². The van der Waals surface area contributed by atoms with Gasteiger partial charge in [0.1, 0.15) is 22.2 Å². The first-order valence-corrected chi connectivity index (χ1v) is 15.5. The maximum atomic E-state index is 13.8. The van der Waals surface area contributed by atoms with Crippen LogP contribution in [-0.4, -0.2) is 50.9 Å². The maximum absolute atomic E-state index is 13.8. The lowest BCUT2D eigenvalue weighted by molar-refractivity contribution is 0.0740. The number of hydrogen-bond acceptors (Lipinski definition) is 8. The fraction of sp³-hybridized carbons (Fsp3) is 0.233. The first-order chi connectivity index (χ1) is 20.2. The van der Waals surface area contributed by atoms with Gasteiger partial charge in [-0.1, -0.05) is 48.5 Å². The molecule has 12 heteroatoms. The molecule has 0 radical (unpaired) electrons. The second kappa shape index (κ2) is 14.0. The Morgan fingerprint density at radius 1 is 0.952 bits per heavy atom. The minimum absolute atomic E-state index is 0.0659. The topological polar surface area (TPSA) is 127 Å². The van der Waals surface area contributed by atoms with Gasteiger partial charge in [0, 0.05) is 23.1 Å². The van der Waals surface area contributed by atoms with Gasteiger partial charge in [-0.2, -0.15) is 8.42 Å². The number of ether oxygens (including phenoxy) is 2. The van der Waals surface area contributed by atoms with Crippen LogP contribution in [0, 0.1) is 6.92 Å². The van der Waals surface area contributed by atoms with Crippen molar-refractivity contribution < 1.29 is 27.5 Å². The molecule has 1 aromatic heterocycles. The highest BCUT2D eigenvalue weighted by Gasteiger charge is 2.23. The highest BCUT2D eigenvalue weighted by atomic mass is 32.2. The van der Waals surface area contributed by atoms with E-state index in [0.29, 0.717) is 40.7 Å². The average Bonchev–Trinajstić information content (AvgIpc) is 3.46. The lowest BCUT2D eigenvalue weighted by Gasteiger charge is -2.23. The molecule has 2 N–H and O–H groups in total. The van der Waals surface area contributed by atoms with Gasteiger partial charge in [0.25, 0.3) is 11.8 Å². The fourth-order valence-corrected chi connectivity index (χ4v) is 5.91. The quantitative estimate of drug-likeness (QED) is 0.223. The van der Waals surface area contributed by atoms with E-state index in [-0.39, 0.29) is 18.1 Å². The third-order valence-corrected chi connectivity index (χ3v) is 8.18. The van der Waals surface area contributed by atoms with E-state index in [9.17, 15) is 18.0 Å². The van der Waals surface area contributed by atoms with E-state index in [2.05, 4.69) is 9.71 Å². The summed E-state index contributed by atoms with van der Waals surface area (Å²) in [5.41, 5.74) is 2.57. The zero-order valence-electron chi connectivity index (χ0n) is 23.5. The first-order valence-electron chi connectivity index (χ1n) is 13.1. The normalized spacial score (nSPS) is 11.0. The SMILES string of the molecule is COc1cc(C(=O)N(CCCc2ccccc2)Cc2nc(C(=O)NS(=O)(=O)Nc3ccccc3)cs2)cc(OC)c1C. The Labute approximate surface area is 249 Å². The van der Waals surface area contributed by atoms with Gasteiger partial charge in [0.15, 0.2) is 0 Å². The van der Waals surface area contributed by atoms with Crippen LogP contribution >= 0.6 is 11.3 Å². The Morgan fingerprint density at radius 3 is 2.19 bits per heavy atom. The molecule has 0 atom stereocenters. The monoisotopic (exact) mass is 608 g/mol. The molecular weight excluding hydrogens is 576 g/mol. The van der Waals surface area contributed by atoms with Crippen LogP contribution in [0.5, 0.6) is 11.5 Å². The fourth-order valence-electron chi connectivity index (χ4n) is 4.28. The summed E-state index contributed by atoms with van der Waals surface area (Å²) in [4.78, 5) is 32.5. The standard InChI is InChI=1S/C30H32N4O6S2/c1-21-26(39-2)17-23(18-27(21)40-3)30(36)34(16-10-13-22-11-6-4-7-12-22)19-28-31-25(20-41-28)29(35)33-42(37,38)32-24-14-8-5-9-15-24/h4-9,11-12,14-15,17-18,20,32H,10,13,16,19H2,1-3H3,(H,33,35). The van der Waals surface area contributed by atoms with Crippen molar-refractivity contribution in [3.63, 3.8) is 0 Å². The van der Waals surface area contributed by atoms with Gasteiger partial charge >= 0.3 is 10.2 Å². The second-order valence-corrected chi connectivity index (χ2v) is 11.7. The van der Waals surface area contributed by atoms with E-state index in [1.54, 1.807) is 47.4 Å². The minimum atomic E-state index is -4.17. The van der Waals surface area contributed by atoms with Gasteiger partial charge in [0.05, 0.1) is 26.5 Å². The Kier molecular flexibility index (Phi) is 10.2. The lowest BCUT2D eigenvalue weighted by atomic mass is 10.1. The summed E-state index contributed by atoms with van der Waals surface area (Å²) in [6.45, 7) is 2.39. The maximum Gasteiger partial charge on any atom is 0.324 e. The van der Waals surface area contributed by atoms with Gasteiger partial charge in [-0.15, -0.1) is 11.3 Å². The van der Waals surface area contributed by atoms with Crippen molar-refractivity contribution in [1.82, 2.24) is 14.6 Å². The van der Waals surface area contributed by atoms with E-state index in [4.69, 9.17) is 9.47 Å². The highest BCUT2D eigenvalue weighted by molar-refractivity contribution is 7.91. The van der Waals surface area contributed by atoms with Crippen molar-refractivity contribution in [2.24, 2.45) is 0 Å².